The van der Waals surface area contributed by atoms with Crippen molar-refractivity contribution in [3.63, 3.8) is 0 Å². The molecule has 0 spiro atoms. The van der Waals surface area contributed by atoms with E-state index in [1.807, 2.05) is 0 Å². The molecule has 0 aromatic carbocycles. The van der Waals surface area contributed by atoms with Crippen LogP contribution in [0.15, 0.2) is 0 Å². The highest BCUT2D eigenvalue weighted by Crippen LogP contribution is 2.62. The topological polar surface area (TPSA) is 37.3 Å². The van der Waals surface area contributed by atoms with Crippen LogP contribution in [0.25, 0.3) is 0 Å². The smallest absolute Gasteiger partial charge is 0.310 e. The van der Waals surface area contributed by atoms with Gasteiger partial charge < -0.3 is 5.11 Å². The van der Waals surface area contributed by atoms with Crippen LogP contribution in [0, 0.1) is 23.2 Å². The molecule has 2 nitrogen and oxygen atoms in total. The third kappa shape index (κ3) is 0.995. The lowest BCUT2D eigenvalue weighted by Crippen LogP contribution is -2.57. The highest BCUT2D eigenvalue weighted by atomic mass is 79.9. The maximum Gasteiger partial charge on any atom is 0.310 e. The zero-order valence-electron chi connectivity index (χ0n) is 8.08. The minimum absolute atomic E-state index is 0.236. The van der Waals surface area contributed by atoms with E-state index in [2.05, 4.69) is 15.9 Å². The quantitative estimate of drug-likeness (QED) is 0.735. The van der Waals surface area contributed by atoms with Gasteiger partial charge in [0.05, 0.1) is 5.41 Å². The zero-order valence-corrected chi connectivity index (χ0v) is 9.66. The second kappa shape index (κ2) is 2.75. The molecule has 4 aliphatic rings. The molecule has 78 valence electrons. The van der Waals surface area contributed by atoms with Crippen LogP contribution in [0.1, 0.15) is 32.1 Å². The molecule has 4 fully saturated rings. The van der Waals surface area contributed by atoms with Crippen LogP contribution < -0.4 is 0 Å². The molecule has 4 bridgehead atoms. The number of carbonyl (C=O) groups is 1. The van der Waals surface area contributed by atoms with E-state index in [1.54, 1.807) is 0 Å². The lowest BCUT2D eigenvalue weighted by atomic mass is 9.49. The first-order valence-electron chi connectivity index (χ1n) is 5.49. The predicted molar refractivity (Wildman–Crippen MR) is 56.3 cm³/mol. The van der Waals surface area contributed by atoms with Crippen LogP contribution in [-0.2, 0) is 4.79 Å². The Labute approximate surface area is 92.2 Å². The van der Waals surface area contributed by atoms with Gasteiger partial charge in [-0.05, 0) is 49.9 Å². The van der Waals surface area contributed by atoms with E-state index in [9.17, 15) is 9.90 Å². The van der Waals surface area contributed by atoms with Crippen LogP contribution in [0.5, 0.6) is 0 Å². The fourth-order valence-electron chi connectivity index (χ4n) is 4.27. The average Bonchev–Trinajstić information content (AvgIpc) is 2.12. The molecule has 2 unspecified atom stereocenters. The number of alkyl halides is 1. The lowest BCUT2D eigenvalue weighted by Gasteiger charge is -2.57. The van der Waals surface area contributed by atoms with Gasteiger partial charge in [0.25, 0.3) is 0 Å². The van der Waals surface area contributed by atoms with E-state index in [4.69, 9.17) is 0 Å². The molecule has 0 aliphatic heterocycles. The minimum Gasteiger partial charge on any atom is -0.481 e. The molecule has 0 heterocycles. The third-order valence-corrected chi connectivity index (χ3v) is 6.24. The molecule has 1 N–H and O–H groups in total. The maximum atomic E-state index is 11.4. The Morgan fingerprint density at radius 1 is 1.21 bits per heavy atom. The first-order valence-corrected chi connectivity index (χ1v) is 6.41. The summed E-state index contributed by atoms with van der Waals surface area (Å²) in [6, 6.07) is 0. The largest absolute Gasteiger partial charge is 0.481 e. The number of carboxylic acid groups (broad SMARTS) is 1. The maximum absolute atomic E-state index is 11.4. The summed E-state index contributed by atoms with van der Waals surface area (Å²) in [7, 11) is 0. The van der Waals surface area contributed by atoms with Gasteiger partial charge in [-0.1, -0.05) is 15.9 Å². The van der Waals surface area contributed by atoms with Crippen molar-refractivity contribution in [3.8, 4) is 0 Å². The van der Waals surface area contributed by atoms with Crippen molar-refractivity contribution in [2.24, 2.45) is 23.2 Å². The second-order valence-electron chi connectivity index (χ2n) is 5.47. The van der Waals surface area contributed by atoms with Crippen LogP contribution in [0.4, 0.5) is 0 Å². The van der Waals surface area contributed by atoms with Gasteiger partial charge in [-0.2, -0.15) is 0 Å². The average molecular weight is 259 g/mol. The number of hydrogen-bond acceptors (Lipinski definition) is 1. The van der Waals surface area contributed by atoms with E-state index in [0.717, 1.165) is 12.8 Å². The number of halogens is 1. The van der Waals surface area contributed by atoms with Crippen molar-refractivity contribution in [2.75, 3.05) is 0 Å². The van der Waals surface area contributed by atoms with E-state index < -0.39 is 11.4 Å². The summed E-state index contributed by atoms with van der Waals surface area (Å²) < 4.78 is 0. The van der Waals surface area contributed by atoms with Crippen molar-refractivity contribution in [2.45, 2.75) is 36.9 Å². The summed E-state index contributed by atoms with van der Waals surface area (Å²) in [5, 5.41) is 9.42. The summed E-state index contributed by atoms with van der Waals surface area (Å²) in [5.74, 6) is 1.49. The van der Waals surface area contributed by atoms with E-state index in [0.29, 0.717) is 17.8 Å². The molecular weight excluding hydrogens is 244 g/mol. The first kappa shape index (κ1) is 9.20. The summed E-state index contributed by atoms with van der Waals surface area (Å²) in [4.78, 5) is 11.7. The highest BCUT2D eigenvalue weighted by Gasteiger charge is 2.60. The normalized spacial score (nSPS) is 54.9. The summed E-state index contributed by atoms with van der Waals surface area (Å²) in [6.45, 7) is 0. The molecule has 4 saturated carbocycles. The molecule has 0 radical (unpaired) electrons. The third-order valence-electron chi connectivity index (χ3n) is 4.61. The summed E-state index contributed by atoms with van der Waals surface area (Å²) in [5.41, 5.74) is -0.408. The Hall–Kier alpha value is -0.0500. The predicted octanol–water partition coefficient (Wildman–Crippen LogP) is 2.66. The Morgan fingerprint density at radius 2 is 1.79 bits per heavy atom. The number of hydrogen-bond donors (Lipinski definition) is 1. The van der Waals surface area contributed by atoms with Gasteiger partial charge in [0.15, 0.2) is 0 Å². The van der Waals surface area contributed by atoms with Crippen LogP contribution in [0.2, 0.25) is 0 Å². The van der Waals surface area contributed by atoms with Gasteiger partial charge in [0, 0.05) is 4.83 Å². The lowest BCUT2D eigenvalue weighted by molar-refractivity contribution is -0.162. The monoisotopic (exact) mass is 258 g/mol. The zero-order chi connectivity index (χ0) is 9.92. The number of carboxylic acids is 1. The molecule has 3 heteroatoms. The van der Waals surface area contributed by atoms with E-state index in [-0.39, 0.29) is 4.83 Å². The van der Waals surface area contributed by atoms with Crippen LogP contribution in [-0.4, -0.2) is 15.9 Å². The number of rotatable bonds is 1. The SMILES string of the molecule is O=C(O)C12C[C@@H]3CC(C[C@@H](C3)C1)[C@@H]2Br. The molecule has 4 rings (SSSR count). The summed E-state index contributed by atoms with van der Waals surface area (Å²) >= 11 is 3.66. The Morgan fingerprint density at radius 3 is 2.29 bits per heavy atom. The Balaban J connectivity index is 2.01. The van der Waals surface area contributed by atoms with Crippen LogP contribution in [0.3, 0.4) is 0 Å². The van der Waals surface area contributed by atoms with Gasteiger partial charge in [0.1, 0.15) is 0 Å². The van der Waals surface area contributed by atoms with Crippen molar-refractivity contribution in [1.29, 1.82) is 0 Å². The first-order chi connectivity index (χ1) is 6.62. The van der Waals surface area contributed by atoms with Gasteiger partial charge >= 0.3 is 5.97 Å². The molecule has 5 atom stereocenters. The Kier molecular flexibility index (Phi) is 1.80. The molecular formula is C11H15BrO2. The Bertz CT molecular complexity index is 275. The van der Waals surface area contributed by atoms with Gasteiger partial charge in [-0.25, -0.2) is 0 Å². The van der Waals surface area contributed by atoms with E-state index in [1.165, 1.54) is 19.3 Å². The van der Waals surface area contributed by atoms with Gasteiger partial charge in [-0.3, -0.25) is 4.79 Å². The van der Waals surface area contributed by atoms with Crippen molar-refractivity contribution in [3.05, 3.63) is 0 Å². The molecule has 4 aliphatic carbocycles. The molecule has 0 saturated heterocycles. The molecule has 0 aromatic rings. The molecule has 14 heavy (non-hydrogen) atoms. The molecule has 0 aromatic heterocycles. The highest BCUT2D eigenvalue weighted by molar-refractivity contribution is 9.09. The molecule has 0 amide bonds. The minimum atomic E-state index is -0.557. The van der Waals surface area contributed by atoms with Gasteiger partial charge in [0.2, 0.25) is 0 Å². The standard InChI is InChI=1S/C11H15BrO2/c12-9-8-2-6-1-7(3-8)5-11(9,4-6)10(13)14/h6-9H,1-5H2,(H,13,14)/t6-,7+,8?,9-,11?/m0/s1. The van der Waals surface area contributed by atoms with Crippen molar-refractivity contribution >= 4 is 21.9 Å². The summed E-state index contributed by atoms with van der Waals surface area (Å²) in [6.07, 6.45) is 5.67. The fourth-order valence-corrected chi connectivity index (χ4v) is 5.27. The number of aliphatic carboxylic acids is 1. The van der Waals surface area contributed by atoms with E-state index >= 15 is 0 Å². The van der Waals surface area contributed by atoms with Crippen molar-refractivity contribution in [1.82, 2.24) is 0 Å². The second-order valence-corrected chi connectivity index (χ2v) is 6.46. The van der Waals surface area contributed by atoms with Crippen molar-refractivity contribution < 1.29 is 9.90 Å². The fraction of sp³-hybridized carbons (Fsp3) is 0.909. The van der Waals surface area contributed by atoms with Gasteiger partial charge in [-0.15, -0.1) is 0 Å². The van der Waals surface area contributed by atoms with Crippen LogP contribution >= 0.6 is 15.9 Å².